The lowest BCUT2D eigenvalue weighted by Gasteiger charge is -2.03. The van der Waals surface area contributed by atoms with Crippen molar-refractivity contribution in [3.05, 3.63) is 34.6 Å². The molecule has 1 N–H and O–H groups in total. The molecular weight excluding hydrogens is 291 g/mol. The maximum atomic E-state index is 13.5. The Morgan fingerprint density at radius 2 is 2.14 bits per heavy atom. The van der Waals surface area contributed by atoms with Crippen molar-refractivity contribution in [1.82, 2.24) is 10.3 Å². The van der Waals surface area contributed by atoms with Gasteiger partial charge in [0.25, 0.3) is 0 Å². The average molecular weight is 310 g/mol. The molecule has 4 nitrogen and oxygen atoms in total. The standard InChI is InChI=1S/C15H19FN2O2S/c1-4-17-8-14-12(9-19-2)18-15(21-14)10-5-6-11(16)13(7-10)20-3/h5-7,17H,4,8-9H2,1-3H3. The first-order chi connectivity index (χ1) is 10.2. The number of methoxy groups -OCH3 is 2. The summed E-state index contributed by atoms with van der Waals surface area (Å²) in [7, 11) is 3.11. The molecular formula is C15H19FN2O2S. The molecule has 0 aliphatic rings. The fraction of sp³-hybridized carbons (Fsp3) is 0.400. The maximum Gasteiger partial charge on any atom is 0.165 e. The summed E-state index contributed by atoms with van der Waals surface area (Å²) in [5.74, 6) is -0.146. The highest BCUT2D eigenvalue weighted by molar-refractivity contribution is 7.15. The van der Waals surface area contributed by atoms with Gasteiger partial charge in [0.2, 0.25) is 0 Å². The normalized spacial score (nSPS) is 10.9. The molecule has 0 aliphatic carbocycles. The van der Waals surface area contributed by atoms with Gasteiger partial charge in [-0.15, -0.1) is 11.3 Å². The number of thiazole rings is 1. The van der Waals surface area contributed by atoms with Gasteiger partial charge in [-0.1, -0.05) is 6.92 Å². The van der Waals surface area contributed by atoms with Gasteiger partial charge in [-0.3, -0.25) is 0 Å². The Morgan fingerprint density at radius 3 is 2.81 bits per heavy atom. The van der Waals surface area contributed by atoms with Gasteiger partial charge in [0, 0.05) is 24.1 Å². The van der Waals surface area contributed by atoms with Crippen molar-refractivity contribution in [1.29, 1.82) is 0 Å². The Bertz CT molecular complexity index is 601. The quantitative estimate of drug-likeness (QED) is 0.853. The lowest BCUT2D eigenvalue weighted by Crippen LogP contribution is -2.12. The molecule has 1 heterocycles. The predicted molar refractivity (Wildman–Crippen MR) is 82.2 cm³/mol. The van der Waals surface area contributed by atoms with Crippen LogP contribution >= 0.6 is 11.3 Å². The van der Waals surface area contributed by atoms with Crippen molar-refractivity contribution >= 4 is 11.3 Å². The summed E-state index contributed by atoms with van der Waals surface area (Å²) in [6.45, 7) is 4.17. The summed E-state index contributed by atoms with van der Waals surface area (Å²) in [6, 6.07) is 4.78. The van der Waals surface area contributed by atoms with Gasteiger partial charge in [0.1, 0.15) is 5.01 Å². The Labute approximate surface area is 127 Å². The number of halogens is 1. The largest absolute Gasteiger partial charge is 0.494 e. The van der Waals surface area contributed by atoms with Crippen LogP contribution in [0.1, 0.15) is 17.5 Å². The first-order valence-electron chi connectivity index (χ1n) is 6.71. The van der Waals surface area contributed by atoms with E-state index in [0.29, 0.717) is 6.61 Å². The Morgan fingerprint density at radius 1 is 1.33 bits per heavy atom. The molecule has 1 aromatic heterocycles. The molecule has 0 amide bonds. The molecule has 6 heteroatoms. The lowest BCUT2D eigenvalue weighted by molar-refractivity contribution is 0.181. The molecule has 0 saturated carbocycles. The Balaban J connectivity index is 2.34. The first-order valence-corrected chi connectivity index (χ1v) is 7.53. The highest BCUT2D eigenvalue weighted by Crippen LogP contribution is 2.31. The minimum atomic E-state index is -0.372. The zero-order valence-corrected chi connectivity index (χ0v) is 13.2. The van der Waals surface area contributed by atoms with E-state index in [2.05, 4.69) is 17.2 Å². The highest BCUT2D eigenvalue weighted by atomic mass is 32.1. The van der Waals surface area contributed by atoms with Crippen molar-refractivity contribution in [2.75, 3.05) is 20.8 Å². The second kappa shape index (κ2) is 7.49. The van der Waals surface area contributed by atoms with Gasteiger partial charge < -0.3 is 14.8 Å². The topological polar surface area (TPSA) is 43.4 Å². The summed E-state index contributed by atoms with van der Waals surface area (Å²) in [5.41, 5.74) is 1.76. The van der Waals surface area contributed by atoms with Gasteiger partial charge >= 0.3 is 0 Å². The molecule has 0 bridgehead atoms. The predicted octanol–water partition coefficient (Wildman–Crippen LogP) is 3.21. The minimum Gasteiger partial charge on any atom is -0.494 e. The third-order valence-electron chi connectivity index (χ3n) is 2.99. The van der Waals surface area contributed by atoms with Crippen molar-refractivity contribution in [3.8, 4) is 16.3 Å². The molecule has 2 aromatic rings. The van der Waals surface area contributed by atoms with Crippen LogP contribution in [-0.2, 0) is 17.9 Å². The van der Waals surface area contributed by atoms with Crippen LogP contribution in [-0.4, -0.2) is 25.7 Å². The van der Waals surface area contributed by atoms with Crippen LogP contribution in [0, 0.1) is 5.82 Å². The SMILES string of the molecule is CCNCc1sc(-c2ccc(F)c(OC)c2)nc1COC. The number of aromatic nitrogens is 1. The molecule has 0 radical (unpaired) electrons. The van der Waals surface area contributed by atoms with E-state index in [1.54, 1.807) is 30.6 Å². The van der Waals surface area contributed by atoms with Gasteiger partial charge in [-0.2, -0.15) is 0 Å². The third kappa shape index (κ3) is 3.78. The molecule has 1 aromatic carbocycles. The average Bonchev–Trinajstić information content (AvgIpc) is 2.89. The summed E-state index contributed by atoms with van der Waals surface area (Å²) in [6.07, 6.45) is 0. The number of hydrogen-bond donors (Lipinski definition) is 1. The smallest absolute Gasteiger partial charge is 0.165 e. The van der Waals surface area contributed by atoms with Crippen molar-refractivity contribution in [3.63, 3.8) is 0 Å². The Hall–Kier alpha value is -1.50. The van der Waals surface area contributed by atoms with Gasteiger partial charge in [-0.05, 0) is 24.7 Å². The fourth-order valence-corrected chi connectivity index (χ4v) is 2.96. The van der Waals surface area contributed by atoms with E-state index in [0.717, 1.165) is 34.2 Å². The molecule has 114 valence electrons. The van der Waals surface area contributed by atoms with Crippen LogP contribution < -0.4 is 10.1 Å². The van der Waals surface area contributed by atoms with E-state index >= 15 is 0 Å². The van der Waals surface area contributed by atoms with Gasteiger partial charge in [-0.25, -0.2) is 9.37 Å². The van der Waals surface area contributed by atoms with Gasteiger partial charge in [0.15, 0.2) is 11.6 Å². The van der Waals surface area contributed by atoms with E-state index in [-0.39, 0.29) is 11.6 Å². The van der Waals surface area contributed by atoms with E-state index in [9.17, 15) is 4.39 Å². The Kier molecular flexibility index (Phi) is 5.67. The fourth-order valence-electron chi connectivity index (χ4n) is 1.93. The second-order valence-corrected chi connectivity index (χ2v) is 5.54. The molecule has 21 heavy (non-hydrogen) atoms. The summed E-state index contributed by atoms with van der Waals surface area (Å²) in [4.78, 5) is 5.74. The molecule has 0 aliphatic heterocycles. The van der Waals surface area contributed by atoms with E-state index < -0.39 is 0 Å². The zero-order chi connectivity index (χ0) is 15.2. The molecule has 0 atom stereocenters. The summed E-state index contributed by atoms with van der Waals surface area (Å²) < 4.78 is 23.7. The van der Waals surface area contributed by atoms with Crippen LogP contribution in [0.5, 0.6) is 5.75 Å². The number of nitrogens with zero attached hydrogens (tertiary/aromatic N) is 1. The summed E-state index contributed by atoms with van der Waals surface area (Å²) >= 11 is 1.59. The van der Waals surface area contributed by atoms with Crippen LogP contribution in [0.25, 0.3) is 10.6 Å². The van der Waals surface area contributed by atoms with Crippen LogP contribution in [0.15, 0.2) is 18.2 Å². The van der Waals surface area contributed by atoms with Crippen molar-refractivity contribution in [2.24, 2.45) is 0 Å². The molecule has 0 spiro atoms. The molecule has 2 rings (SSSR count). The second-order valence-electron chi connectivity index (χ2n) is 4.45. The third-order valence-corrected chi connectivity index (χ3v) is 4.14. The van der Waals surface area contributed by atoms with E-state index in [1.807, 2.05) is 0 Å². The van der Waals surface area contributed by atoms with Gasteiger partial charge in [0.05, 0.1) is 19.4 Å². The van der Waals surface area contributed by atoms with Crippen molar-refractivity contribution < 1.29 is 13.9 Å². The zero-order valence-electron chi connectivity index (χ0n) is 12.4. The van der Waals surface area contributed by atoms with E-state index in [4.69, 9.17) is 9.47 Å². The number of hydrogen-bond acceptors (Lipinski definition) is 5. The number of benzene rings is 1. The van der Waals surface area contributed by atoms with Crippen LogP contribution in [0.3, 0.4) is 0 Å². The van der Waals surface area contributed by atoms with E-state index in [1.165, 1.54) is 13.2 Å². The molecule has 0 unspecified atom stereocenters. The van der Waals surface area contributed by atoms with Crippen molar-refractivity contribution in [2.45, 2.75) is 20.1 Å². The van der Waals surface area contributed by atoms with Crippen LogP contribution in [0.2, 0.25) is 0 Å². The maximum absolute atomic E-state index is 13.5. The summed E-state index contributed by atoms with van der Waals surface area (Å²) in [5, 5.41) is 4.13. The first kappa shape index (κ1) is 15.9. The highest BCUT2D eigenvalue weighted by Gasteiger charge is 2.14. The lowest BCUT2D eigenvalue weighted by atomic mass is 10.2. The molecule has 0 fully saturated rings. The molecule has 0 saturated heterocycles. The number of nitrogens with one attached hydrogen (secondary N) is 1. The monoisotopic (exact) mass is 310 g/mol. The number of ether oxygens (including phenoxy) is 2. The minimum absolute atomic E-state index is 0.226. The van der Waals surface area contributed by atoms with Crippen LogP contribution in [0.4, 0.5) is 4.39 Å². The number of rotatable bonds is 7.